The van der Waals surface area contributed by atoms with Crippen molar-refractivity contribution in [2.75, 3.05) is 0 Å². The minimum Gasteiger partial charge on any atom is -0.351 e. The van der Waals surface area contributed by atoms with Crippen LogP contribution in [0.4, 0.5) is 4.39 Å². The molecule has 0 radical (unpaired) electrons. The van der Waals surface area contributed by atoms with E-state index in [-0.39, 0.29) is 11.9 Å². The number of nitrogens with one attached hydrogen (secondary N) is 1. The molecule has 3 atom stereocenters. The van der Waals surface area contributed by atoms with Crippen LogP contribution in [0.5, 0.6) is 0 Å². The molecule has 1 aliphatic rings. The van der Waals surface area contributed by atoms with E-state index >= 15 is 0 Å². The van der Waals surface area contributed by atoms with Crippen LogP contribution < -0.4 is 5.32 Å². The second-order valence-corrected chi connectivity index (χ2v) is 3.91. The van der Waals surface area contributed by atoms with E-state index in [2.05, 4.69) is 12.2 Å². The summed E-state index contributed by atoms with van der Waals surface area (Å²) in [6.07, 6.45) is 2.65. The van der Waals surface area contributed by atoms with Gasteiger partial charge >= 0.3 is 0 Å². The van der Waals surface area contributed by atoms with E-state index in [4.69, 9.17) is 0 Å². The average molecular weight is 187 g/mol. The van der Waals surface area contributed by atoms with Crippen LogP contribution in [0.2, 0.25) is 0 Å². The Morgan fingerprint density at radius 2 is 2.23 bits per heavy atom. The summed E-state index contributed by atoms with van der Waals surface area (Å²) in [5.41, 5.74) is 0. The molecular formula is C10H18FNO. The fourth-order valence-corrected chi connectivity index (χ4v) is 1.99. The molecule has 0 bridgehead atoms. The molecule has 1 aliphatic carbocycles. The van der Waals surface area contributed by atoms with Gasteiger partial charge in [0.2, 0.25) is 5.91 Å². The predicted molar refractivity (Wildman–Crippen MR) is 50.1 cm³/mol. The van der Waals surface area contributed by atoms with E-state index in [0.717, 1.165) is 19.3 Å². The third-order valence-electron chi connectivity index (χ3n) is 2.85. The van der Waals surface area contributed by atoms with Crippen molar-refractivity contribution in [3.05, 3.63) is 0 Å². The fourth-order valence-electron chi connectivity index (χ4n) is 1.99. The quantitative estimate of drug-likeness (QED) is 0.704. The zero-order valence-corrected chi connectivity index (χ0v) is 8.35. The van der Waals surface area contributed by atoms with Crippen LogP contribution in [0.1, 0.15) is 39.5 Å². The minimum absolute atomic E-state index is 0.123. The second-order valence-electron chi connectivity index (χ2n) is 3.91. The maximum atomic E-state index is 13.4. The number of hydrogen-bond donors (Lipinski definition) is 1. The van der Waals surface area contributed by atoms with E-state index < -0.39 is 6.17 Å². The molecule has 0 unspecified atom stereocenters. The Balaban J connectivity index is 2.39. The van der Waals surface area contributed by atoms with E-state index in [1.165, 1.54) is 6.92 Å². The molecule has 3 heteroatoms. The maximum absolute atomic E-state index is 13.4. The molecule has 1 fully saturated rings. The van der Waals surface area contributed by atoms with Crippen LogP contribution in [0.25, 0.3) is 0 Å². The monoisotopic (exact) mass is 187 g/mol. The SMILES string of the molecule is CC[C@H]1CC[C@@H](NC(C)=O)[C@H](F)C1. The Bertz CT molecular complexity index is 184. The molecule has 1 rings (SSSR count). The van der Waals surface area contributed by atoms with Crippen LogP contribution in [-0.2, 0) is 4.79 Å². The van der Waals surface area contributed by atoms with Crippen LogP contribution >= 0.6 is 0 Å². The summed E-state index contributed by atoms with van der Waals surface area (Å²) < 4.78 is 13.4. The van der Waals surface area contributed by atoms with E-state index in [9.17, 15) is 9.18 Å². The van der Waals surface area contributed by atoms with Gasteiger partial charge in [-0.1, -0.05) is 13.3 Å². The molecule has 2 nitrogen and oxygen atoms in total. The number of carbonyl (C=O) groups is 1. The lowest BCUT2D eigenvalue weighted by molar-refractivity contribution is -0.120. The number of rotatable bonds is 2. The summed E-state index contributed by atoms with van der Waals surface area (Å²) in [5, 5.41) is 2.66. The van der Waals surface area contributed by atoms with Crippen molar-refractivity contribution in [2.45, 2.75) is 51.7 Å². The smallest absolute Gasteiger partial charge is 0.217 e. The standard InChI is InChI=1S/C10H18FNO/c1-3-8-4-5-10(9(11)6-8)12-7(2)13/h8-10H,3-6H2,1-2H3,(H,12,13)/t8-,9+,10+/m0/s1. The van der Waals surface area contributed by atoms with E-state index in [1.54, 1.807) is 0 Å². The largest absolute Gasteiger partial charge is 0.351 e. The molecule has 1 amide bonds. The second kappa shape index (κ2) is 4.58. The first kappa shape index (κ1) is 10.5. The lowest BCUT2D eigenvalue weighted by Crippen LogP contribution is -2.44. The zero-order valence-electron chi connectivity index (χ0n) is 8.35. The molecule has 0 heterocycles. The molecule has 0 aromatic heterocycles. The molecule has 0 aromatic carbocycles. The van der Waals surface area contributed by atoms with E-state index in [1.807, 2.05) is 0 Å². The van der Waals surface area contributed by atoms with Gasteiger partial charge in [0.15, 0.2) is 0 Å². The van der Waals surface area contributed by atoms with Crippen molar-refractivity contribution in [3.8, 4) is 0 Å². The average Bonchev–Trinajstić information content (AvgIpc) is 2.08. The number of halogens is 1. The highest BCUT2D eigenvalue weighted by atomic mass is 19.1. The topological polar surface area (TPSA) is 29.1 Å². The van der Waals surface area contributed by atoms with Gasteiger partial charge in [-0.3, -0.25) is 4.79 Å². The van der Waals surface area contributed by atoms with Gasteiger partial charge in [0, 0.05) is 6.92 Å². The van der Waals surface area contributed by atoms with Gasteiger partial charge in [-0.25, -0.2) is 4.39 Å². The molecular weight excluding hydrogens is 169 g/mol. The molecule has 76 valence electrons. The van der Waals surface area contributed by atoms with Crippen molar-refractivity contribution in [3.63, 3.8) is 0 Å². The van der Waals surface area contributed by atoms with Gasteiger partial charge in [-0.05, 0) is 25.2 Å². The lowest BCUT2D eigenvalue weighted by Gasteiger charge is -2.31. The first-order valence-corrected chi connectivity index (χ1v) is 5.04. The van der Waals surface area contributed by atoms with Gasteiger partial charge in [0.1, 0.15) is 6.17 Å². The summed E-state index contributed by atoms with van der Waals surface area (Å²) in [4.78, 5) is 10.7. The number of hydrogen-bond acceptors (Lipinski definition) is 1. The highest BCUT2D eigenvalue weighted by molar-refractivity contribution is 5.73. The minimum atomic E-state index is -0.845. The summed E-state index contributed by atoms with van der Waals surface area (Å²) >= 11 is 0. The highest BCUT2D eigenvalue weighted by Crippen LogP contribution is 2.28. The number of amides is 1. The first-order chi connectivity index (χ1) is 6.13. The van der Waals surface area contributed by atoms with E-state index in [0.29, 0.717) is 12.3 Å². The van der Waals surface area contributed by atoms with Gasteiger partial charge in [0.05, 0.1) is 6.04 Å². The molecule has 1 saturated carbocycles. The Kier molecular flexibility index (Phi) is 3.70. The molecule has 0 aliphatic heterocycles. The van der Waals surface area contributed by atoms with Gasteiger partial charge in [-0.15, -0.1) is 0 Å². The number of carbonyl (C=O) groups excluding carboxylic acids is 1. The van der Waals surface area contributed by atoms with Crippen LogP contribution in [0, 0.1) is 5.92 Å². The van der Waals surface area contributed by atoms with Gasteiger partial charge < -0.3 is 5.32 Å². The van der Waals surface area contributed by atoms with Crippen molar-refractivity contribution in [1.29, 1.82) is 0 Å². The Labute approximate surface area is 78.9 Å². The third-order valence-corrected chi connectivity index (χ3v) is 2.85. The van der Waals surface area contributed by atoms with Crippen molar-refractivity contribution in [2.24, 2.45) is 5.92 Å². The number of alkyl halides is 1. The molecule has 13 heavy (non-hydrogen) atoms. The molecule has 0 aromatic rings. The van der Waals surface area contributed by atoms with Gasteiger partial charge in [0.25, 0.3) is 0 Å². The van der Waals surface area contributed by atoms with Crippen molar-refractivity contribution < 1.29 is 9.18 Å². The Morgan fingerprint density at radius 1 is 1.54 bits per heavy atom. The lowest BCUT2D eigenvalue weighted by atomic mass is 9.83. The zero-order chi connectivity index (χ0) is 9.84. The molecule has 0 spiro atoms. The highest BCUT2D eigenvalue weighted by Gasteiger charge is 2.29. The Hall–Kier alpha value is -0.600. The van der Waals surface area contributed by atoms with Crippen LogP contribution in [-0.4, -0.2) is 18.1 Å². The normalized spacial score (nSPS) is 34.2. The molecule has 0 saturated heterocycles. The van der Waals surface area contributed by atoms with Crippen molar-refractivity contribution in [1.82, 2.24) is 5.32 Å². The first-order valence-electron chi connectivity index (χ1n) is 5.04. The van der Waals surface area contributed by atoms with Crippen molar-refractivity contribution >= 4 is 5.91 Å². The maximum Gasteiger partial charge on any atom is 0.217 e. The summed E-state index contributed by atoms with van der Waals surface area (Å²) in [6, 6.07) is -0.236. The summed E-state index contributed by atoms with van der Waals surface area (Å²) in [5.74, 6) is 0.391. The summed E-state index contributed by atoms with van der Waals surface area (Å²) in [6.45, 7) is 3.54. The predicted octanol–water partition coefficient (Wildman–Crippen LogP) is 2.04. The fraction of sp³-hybridized carbons (Fsp3) is 0.900. The molecule has 1 N–H and O–H groups in total. The van der Waals surface area contributed by atoms with Gasteiger partial charge in [-0.2, -0.15) is 0 Å². The van der Waals surface area contributed by atoms with Crippen LogP contribution in [0.15, 0.2) is 0 Å². The Morgan fingerprint density at radius 3 is 2.69 bits per heavy atom. The van der Waals surface area contributed by atoms with Crippen LogP contribution in [0.3, 0.4) is 0 Å². The third kappa shape index (κ3) is 2.98. The summed E-state index contributed by atoms with van der Waals surface area (Å²) in [7, 11) is 0.